The van der Waals surface area contributed by atoms with E-state index in [-0.39, 0.29) is 12.5 Å². The zero-order valence-electron chi connectivity index (χ0n) is 7.12. The Morgan fingerprint density at radius 1 is 1.83 bits per heavy atom. The van der Waals surface area contributed by atoms with E-state index < -0.39 is 5.97 Å². The number of nitrogens with zero attached hydrogens (tertiary/aromatic N) is 1. The molecule has 0 amide bonds. The molecule has 12 heavy (non-hydrogen) atoms. The minimum atomic E-state index is -0.762. The lowest BCUT2D eigenvalue weighted by atomic mass is 10.2. The minimum absolute atomic E-state index is 0.0116. The van der Waals surface area contributed by atoms with Gasteiger partial charge in [0.1, 0.15) is 0 Å². The molecule has 0 spiro atoms. The van der Waals surface area contributed by atoms with Crippen LogP contribution >= 0.6 is 0 Å². The van der Waals surface area contributed by atoms with E-state index in [1.807, 2.05) is 0 Å². The van der Waals surface area contributed by atoms with Crippen LogP contribution in [-0.2, 0) is 9.53 Å². The van der Waals surface area contributed by atoms with Gasteiger partial charge in [0.25, 0.3) is 0 Å². The Morgan fingerprint density at radius 3 is 2.75 bits per heavy atom. The average molecular weight is 171 g/mol. The zero-order chi connectivity index (χ0) is 9.40. The molecule has 0 saturated carbocycles. The van der Waals surface area contributed by atoms with Gasteiger partial charge < -0.3 is 9.84 Å². The summed E-state index contributed by atoms with van der Waals surface area (Å²) in [7, 11) is 0. The van der Waals surface area contributed by atoms with Crippen LogP contribution in [0.1, 0.15) is 26.2 Å². The smallest absolute Gasteiger partial charge is 0.305 e. The van der Waals surface area contributed by atoms with Crippen LogP contribution in [0, 0.1) is 11.3 Å². The molecule has 1 N–H and O–H groups in total. The molecule has 1 rings (SSSR count). The van der Waals surface area contributed by atoms with Crippen molar-refractivity contribution in [2.45, 2.75) is 32.3 Å². The minimum Gasteiger partial charge on any atom is -0.481 e. The molecule has 0 aromatic carbocycles. The predicted molar refractivity (Wildman–Crippen MR) is 42.5 cm³/mol. The highest BCUT2D eigenvalue weighted by Gasteiger charge is 2.17. The fourth-order valence-electron chi connectivity index (χ4n) is 1.00. The van der Waals surface area contributed by atoms with E-state index in [9.17, 15) is 4.79 Å². The van der Waals surface area contributed by atoms with Gasteiger partial charge in [-0.1, -0.05) is 0 Å². The number of carboxylic acids is 1. The van der Waals surface area contributed by atoms with E-state index in [1.54, 1.807) is 6.07 Å². The number of aliphatic carboxylic acids is 1. The normalized spacial score (nSPS) is 20.5. The van der Waals surface area contributed by atoms with Crippen LogP contribution in [0.25, 0.3) is 0 Å². The van der Waals surface area contributed by atoms with Crippen molar-refractivity contribution in [2.75, 3.05) is 6.61 Å². The Bertz CT molecular complexity index is 168. The fraction of sp³-hybridized carbons (Fsp3) is 0.750. The van der Waals surface area contributed by atoms with E-state index >= 15 is 0 Å². The van der Waals surface area contributed by atoms with Crippen LogP contribution in [0.4, 0.5) is 0 Å². The standard InChI is InChI=1S/C6H10O3.C2H3N/c7-6(8)4-5-2-1-3-9-5;1-2-3/h5H,1-4H2,(H,7,8);1H3. The van der Waals surface area contributed by atoms with Gasteiger partial charge in [-0.25, -0.2) is 0 Å². The van der Waals surface area contributed by atoms with Gasteiger partial charge >= 0.3 is 5.97 Å². The molecule has 4 heteroatoms. The number of ether oxygens (including phenoxy) is 1. The highest BCUT2D eigenvalue weighted by atomic mass is 16.5. The zero-order valence-corrected chi connectivity index (χ0v) is 7.12. The number of hydrogen-bond donors (Lipinski definition) is 1. The van der Waals surface area contributed by atoms with E-state index in [1.165, 1.54) is 6.92 Å². The summed E-state index contributed by atoms with van der Waals surface area (Å²) in [6.07, 6.45) is 2.08. The average Bonchev–Trinajstić information content (AvgIpc) is 2.40. The maximum Gasteiger partial charge on any atom is 0.305 e. The molecule has 0 aromatic rings. The van der Waals surface area contributed by atoms with E-state index in [4.69, 9.17) is 15.1 Å². The van der Waals surface area contributed by atoms with Crippen molar-refractivity contribution in [2.24, 2.45) is 0 Å². The molecular weight excluding hydrogens is 158 g/mol. The lowest BCUT2D eigenvalue weighted by molar-refractivity contribution is -0.139. The molecule has 1 aliphatic heterocycles. The summed E-state index contributed by atoms with van der Waals surface area (Å²) in [5, 5.41) is 15.6. The number of carbonyl (C=O) groups is 1. The first-order valence-corrected chi connectivity index (χ1v) is 3.85. The van der Waals surface area contributed by atoms with E-state index in [2.05, 4.69) is 0 Å². The van der Waals surface area contributed by atoms with E-state index in [0.29, 0.717) is 0 Å². The summed E-state index contributed by atoms with van der Waals surface area (Å²) in [4.78, 5) is 10.1. The largest absolute Gasteiger partial charge is 0.481 e. The lowest BCUT2D eigenvalue weighted by Gasteiger charge is -2.02. The maximum atomic E-state index is 10.1. The van der Waals surface area contributed by atoms with Crippen LogP contribution in [0.3, 0.4) is 0 Å². The van der Waals surface area contributed by atoms with Gasteiger partial charge in [0, 0.05) is 13.5 Å². The Kier molecular flexibility index (Phi) is 6.02. The monoisotopic (exact) mass is 171 g/mol. The van der Waals surface area contributed by atoms with Gasteiger partial charge in [0.2, 0.25) is 0 Å². The van der Waals surface area contributed by atoms with Crippen molar-refractivity contribution in [3.63, 3.8) is 0 Å². The van der Waals surface area contributed by atoms with Crippen molar-refractivity contribution in [1.82, 2.24) is 0 Å². The van der Waals surface area contributed by atoms with Gasteiger partial charge in [-0.2, -0.15) is 5.26 Å². The van der Waals surface area contributed by atoms with Crippen LogP contribution < -0.4 is 0 Å². The Labute approximate surface area is 71.8 Å². The predicted octanol–water partition coefficient (Wildman–Crippen LogP) is 1.17. The Hall–Kier alpha value is -1.08. The fourth-order valence-corrected chi connectivity index (χ4v) is 1.00. The van der Waals surface area contributed by atoms with Crippen LogP contribution in [0.5, 0.6) is 0 Å². The molecule has 0 aliphatic carbocycles. The first-order chi connectivity index (χ1) is 5.70. The molecule has 1 saturated heterocycles. The molecule has 0 radical (unpaired) electrons. The van der Waals surface area contributed by atoms with Crippen molar-refractivity contribution < 1.29 is 14.6 Å². The Balaban J connectivity index is 0.000000354. The number of hydrogen-bond acceptors (Lipinski definition) is 3. The van der Waals surface area contributed by atoms with E-state index in [0.717, 1.165) is 19.4 Å². The molecule has 4 nitrogen and oxygen atoms in total. The van der Waals surface area contributed by atoms with Crippen molar-refractivity contribution >= 4 is 5.97 Å². The quantitative estimate of drug-likeness (QED) is 0.677. The lowest BCUT2D eigenvalue weighted by Crippen LogP contribution is -2.10. The molecule has 1 atom stereocenters. The summed E-state index contributed by atoms with van der Waals surface area (Å²) >= 11 is 0. The maximum absolute atomic E-state index is 10.1. The summed E-state index contributed by atoms with van der Waals surface area (Å²) < 4.78 is 5.08. The first-order valence-electron chi connectivity index (χ1n) is 3.85. The number of nitriles is 1. The molecule has 1 unspecified atom stereocenters. The molecule has 68 valence electrons. The second kappa shape index (κ2) is 6.62. The number of rotatable bonds is 2. The Morgan fingerprint density at radius 2 is 2.42 bits per heavy atom. The van der Waals surface area contributed by atoms with Gasteiger partial charge in [0.15, 0.2) is 0 Å². The van der Waals surface area contributed by atoms with Gasteiger partial charge in [-0.05, 0) is 12.8 Å². The third-order valence-electron chi connectivity index (χ3n) is 1.43. The molecule has 0 bridgehead atoms. The molecule has 1 heterocycles. The third kappa shape index (κ3) is 5.69. The summed E-state index contributed by atoms with van der Waals surface area (Å²) in [6, 6.07) is 1.75. The highest BCUT2D eigenvalue weighted by Crippen LogP contribution is 2.14. The summed E-state index contributed by atoms with van der Waals surface area (Å²) in [5.74, 6) is -0.762. The first kappa shape index (κ1) is 10.9. The number of carboxylic acid groups (broad SMARTS) is 1. The third-order valence-corrected chi connectivity index (χ3v) is 1.43. The second-order valence-electron chi connectivity index (χ2n) is 2.46. The summed E-state index contributed by atoms with van der Waals surface area (Å²) in [6.45, 7) is 2.16. The van der Waals surface area contributed by atoms with Crippen LogP contribution in [0.15, 0.2) is 0 Å². The van der Waals surface area contributed by atoms with Gasteiger partial charge in [0.05, 0.1) is 18.6 Å². The highest BCUT2D eigenvalue weighted by molar-refractivity contribution is 5.67. The molecule has 0 aromatic heterocycles. The molecular formula is C8H13NO3. The van der Waals surface area contributed by atoms with Crippen molar-refractivity contribution in [1.29, 1.82) is 5.26 Å². The SMILES string of the molecule is CC#N.O=C(O)CC1CCCO1. The van der Waals surface area contributed by atoms with Crippen LogP contribution in [-0.4, -0.2) is 23.8 Å². The topological polar surface area (TPSA) is 70.3 Å². The molecule has 1 aliphatic rings. The van der Waals surface area contributed by atoms with Crippen molar-refractivity contribution in [3.8, 4) is 6.07 Å². The molecule has 1 fully saturated rings. The van der Waals surface area contributed by atoms with Crippen LogP contribution in [0.2, 0.25) is 0 Å². The summed E-state index contributed by atoms with van der Waals surface area (Å²) in [5.41, 5.74) is 0. The second-order valence-corrected chi connectivity index (χ2v) is 2.46. The van der Waals surface area contributed by atoms with Gasteiger partial charge in [-0.15, -0.1) is 0 Å². The van der Waals surface area contributed by atoms with Crippen molar-refractivity contribution in [3.05, 3.63) is 0 Å². The van der Waals surface area contributed by atoms with Gasteiger partial charge in [-0.3, -0.25) is 4.79 Å².